The van der Waals surface area contributed by atoms with Crippen LogP contribution in [0, 0.1) is 0 Å². The summed E-state index contributed by atoms with van der Waals surface area (Å²) in [6, 6.07) is 15.7. The highest BCUT2D eigenvalue weighted by Crippen LogP contribution is 2.25. The summed E-state index contributed by atoms with van der Waals surface area (Å²) in [5, 5.41) is 5.39. The number of benzene rings is 1. The first-order valence-electron chi connectivity index (χ1n) is 9.13. The molecule has 0 N–H and O–H groups in total. The van der Waals surface area contributed by atoms with E-state index >= 15 is 0 Å². The molecule has 1 aromatic carbocycles. The Morgan fingerprint density at radius 1 is 1.00 bits per heavy atom. The van der Waals surface area contributed by atoms with E-state index in [0.717, 1.165) is 42.8 Å². The van der Waals surface area contributed by atoms with E-state index in [0.29, 0.717) is 16.8 Å². The summed E-state index contributed by atoms with van der Waals surface area (Å²) in [5.41, 5.74) is 3.40. The molecule has 1 saturated heterocycles. The first-order valence-corrected chi connectivity index (χ1v) is 9.13. The lowest BCUT2D eigenvalue weighted by molar-refractivity contribution is 0.313. The molecule has 1 aliphatic rings. The second-order valence-corrected chi connectivity index (χ2v) is 7.06. The summed E-state index contributed by atoms with van der Waals surface area (Å²) in [7, 11) is 2.14. The predicted octanol–water partition coefficient (Wildman–Crippen LogP) is 2.86. The average Bonchev–Trinajstić information content (AvgIpc) is 3.11. The maximum Gasteiger partial charge on any atom is 0.345 e. The van der Waals surface area contributed by atoms with Gasteiger partial charge < -0.3 is 14.2 Å². The van der Waals surface area contributed by atoms with Gasteiger partial charge in [0, 0.05) is 49.5 Å². The van der Waals surface area contributed by atoms with Gasteiger partial charge in [-0.3, -0.25) is 0 Å². The molecule has 1 fully saturated rings. The number of likely N-dealkylation sites (N-methyl/N-ethyl adjacent to an activating group) is 1. The lowest BCUT2D eigenvalue weighted by atomic mass is 10.1. The van der Waals surface area contributed by atoms with Gasteiger partial charge in [-0.15, -0.1) is 0 Å². The Labute approximate surface area is 156 Å². The molecule has 0 unspecified atom stereocenters. The summed E-state index contributed by atoms with van der Waals surface area (Å²) < 4.78 is 7.41. The molecule has 0 aliphatic carbocycles. The molecule has 4 heterocycles. The minimum atomic E-state index is -0.360. The van der Waals surface area contributed by atoms with E-state index in [2.05, 4.69) is 28.0 Å². The maximum absolute atomic E-state index is 12.6. The van der Waals surface area contributed by atoms with Gasteiger partial charge in [0.25, 0.3) is 0 Å². The highest BCUT2D eigenvalue weighted by atomic mass is 16.4. The van der Waals surface area contributed by atoms with Crippen LogP contribution in [0.25, 0.3) is 27.7 Å². The topological polar surface area (TPSA) is 54.0 Å². The Bertz CT molecular complexity index is 1150. The number of piperazine rings is 1. The molecule has 6 nitrogen and oxygen atoms in total. The molecule has 4 aromatic rings. The van der Waals surface area contributed by atoms with Gasteiger partial charge in [-0.25, -0.2) is 9.31 Å². The normalized spacial score (nSPS) is 15.7. The zero-order chi connectivity index (χ0) is 18.4. The quantitative estimate of drug-likeness (QED) is 0.515. The second-order valence-electron chi connectivity index (χ2n) is 7.06. The van der Waals surface area contributed by atoms with Gasteiger partial charge >= 0.3 is 5.63 Å². The predicted molar refractivity (Wildman–Crippen MR) is 106 cm³/mol. The standard InChI is InChI=1S/C21H20N4O2/c1-23-8-10-24(11-9-23)16-6-5-15-12-18(21(26)27-20(15)14-16)19-13-17-4-2-3-7-25(17)22-19/h2-7,12-14H,8-11H2,1H3. The van der Waals surface area contributed by atoms with Crippen molar-refractivity contribution >= 4 is 22.2 Å². The molecule has 0 bridgehead atoms. The minimum Gasteiger partial charge on any atom is -0.422 e. The Balaban J connectivity index is 1.55. The van der Waals surface area contributed by atoms with E-state index in [1.54, 1.807) is 4.52 Å². The summed E-state index contributed by atoms with van der Waals surface area (Å²) in [6.07, 6.45) is 1.86. The second kappa shape index (κ2) is 6.25. The molecule has 1 aliphatic heterocycles. The number of nitrogens with zero attached hydrogens (tertiary/aromatic N) is 4. The van der Waals surface area contributed by atoms with Gasteiger partial charge in [0.05, 0.1) is 11.1 Å². The zero-order valence-electron chi connectivity index (χ0n) is 15.1. The maximum atomic E-state index is 12.6. The van der Waals surface area contributed by atoms with E-state index in [9.17, 15) is 4.79 Å². The van der Waals surface area contributed by atoms with Crippen LogP contribution in [0.5, 0.6) is 0 Å². The van der Waals surface area contributed by atoms with Gasteiger partial charge in [-0.05, 0) is 43.4 Å². The molecule has 6 heteroatoms. The third kappa shape index (κ3) is 2.88. The first-order chi connectivity index (χ1) is 13.2. The highest BCUT2D eigenvalue weighted by molar-refractivity contribution is 5.84. The fourth-order valence-electron chi connectivity index (χ4n) is 3.61. The molecule has 0 saturated carbocycles. The number of rotatable bonds is 2. The van der Waals surface area contributed by atoms with Crippen molar-refractivity contribution in [1.29, 1.82) is 0 Å². The molecule has 3 aromatic heterocycles. The molecule has 0 radical (unpaired) electrons. The molecule has 0 spiro atoms. The van der Waals surface area contributed by atoms with Crippen LogP contribution >= 0.6 is 0 Å². The summed E-state index contributed by atoms with van der Waals surface area (Å²) >= 11 is 0. The van der Waals surface area contributed by atoms with E-state index in [-0.39, 0.29) is 5.63 Å². The van der Waals surface area contributed by atoms with E-state index in [4.69, 9.17) is 4.42 Å². The number of aromatic nitrogens is 2. The number of anilines is 1. The Morgan fingerprint density at radius 2 is 1.85 bits per heavy atom. The molecule has 27 heavy (non-hydrogen) atoms. The van der Waals surface area contributed by atoms with Crippen molar-refractivity contribution in [2.75, 3.05) is 38.1 Å². The third-order valence-electron chi connectivity index (χ3n) is 5.23. The van der Waals surface area contributed by atoms with E-state index in [1.165, 1.54) is 0 Å². The number of fused-ring (bicyclic) bond motifs is 2. The highest BCUT2D eigenvalue weighted by Gasteiger charge is 2.16. The van der Waals surface area contributed by atoms with Gasteiger partial charge in [0.2, 0.25) is 0 Å². The summed E-state index contributed by atoms with van der Waals surface area (Å²) in [5.74, 6) is 0. The first kappa shape index (κ1) is 16.1. The van der Waals surface area contributed by atoms with Crippen molar-refractivity contribution in [3.05, 3.63) is 65.1 Å². The fourth-order valence-corrected chi connectivity index (χ4v) is 3.61. The van der Waals surface area contributed by atoms with Crippen LogP contribution in [0.1, 0.15) is 0 Å². The van der Waals surface area contributed by atoms with Crippen LogP contribution in [-0.2, 0) is 0 Å². The van der Waals surface area contributed by atoms with E-state index in [1.807, 2.05) is 48.7 Å². The van der Waals surface area contributed by atoms with Crippen molar-refractivity contribution in [2.45, 2.75) is 0 Å². The molecule has 0 atom stereocenters. The van der Waals surface area contributed by atoms with Crippen LogP contribution in [0.3, 0.4) is 0 Å². The molecule has 136 valence electrons. The Morgan fingerprint density at radius 3 is 2.67 bits per heavy atom. The number of hydrogen-bond donors (Lipinski definition) is 0. The smallest absolute Gasteiger partial charge is 0.345 e. The van der Waals surface area contributed by atoms with Gasteiger partial charge in [-0.1, -0.05) is 6.07 Å². The third-order valence-corrected chi connectivity index (χ3v) is 5.23. The average molecular weight is 360 g/mol. The van der Waals surface area contributed by atoms with Gasteiger partial charge in [0.15, 0.2) is 0 Å². The van der Waals surface area contributed by atoms with Crippen LogP contribution in [-0.4, -0.2) is 47.7 Å². The SMILES string of the molecule is CN1CCN(c2ccc3cc(-c4cc5ccccn5n4)c(=O)oc3c2)CC1. The largest absolute Gasteiger partial charge is 0.422 e. The van der Waals surface area contributed by atoms with Crippen molar-refractivity contribution in [3.63, 3.8) is 0 Å². The van der Waals surface area contributed by atoms with Crippen molar-refractivity contribution in [2.24, 2.45) is 0 Å². The number of hydrogen-bond acceptors (Lipinski definition) is 5. The zero-order valence-corrected chi connectivity index (χ0v) is 15.1. The van der Waals surface area contributed by atoms with Crippen molar-refractivity contribution in [1.82, 2.24) is 14.5 Å². The summed E-state index contributed by atoms with van der Waals surface area (Å²) in [4.78, 5) is 17.3. The Kier molecular flexibility index (Phi) is 3.72. The van der Waals surface area contributed by atoms with Crippen LogP contribution < -0.4 is 10.5 Å². The fraction of sp³-hybridized carbons (Fsp3) is 0.238. The van der Waals surface area contributed by atoms with Gasteiger partial charge in [0.1, 0.15) is 11.3 Å². The number of pyridine rings is 1. The lowest BCUT2D eigenvalue weighted by Gasteiger charge is -2.34. The van der Waals surface area contributed by atoms with Crippen LogP contribution in [0.2, 0.25) is 0 Å². The monoisotopic (exact) mass is 360 g/mol. The molecular weight excluding hydrogens is 340 g/mol. The lowest BCUT2D eigenvalue weighted by Crippen LogP contribution is -2.44. The minimum absolute atomic E-state index is 0.360. The van der Waals surface area contributed by atoms with Crippen LogP contribution in [0.4, 0.5) is 5.69 Å². The van der Waals surface area contributed by atoms with Crippen LogP contribution in [0.15, 0.2) is 63.9 Å². The van der Waals surface area contributed by atoms with Gasteiger partial charge in [-0.2, -0.15) is 5.10 Å². The Hall–Kier alpha value is -3.12. The van der Waals surface area contributed by atoms with E-state index < -0.39 is 0 Å². The molecule has 5 rings (SSSR count). The summed E-state index contributed by atoms with van der Waals surface area (Å²) in [6.45, 7) is 4.03. The molecular formula is C21H20N4O2. The van der Waals surface area contributed by atoms with Crippen molar-refractivity contribution in [3.8, 4) is 11.3 Å². The molecule has 0 amide bonds. The van der Waals surface area contributed by atoms with Crippen molar-refractivity contribution < 1.29 is 4.42 Å².